The lowest BCUT2D eigenvalue weighted by Gasteiger charge is -2.36. The SMILES string of the molecule is BCC(=O)NCCCNCC1(CC(=O)O)CCCCC1. The molecule has 0 heterocycles. The summed E-state index contributed by atoms with van der Waals surface area (Å²) in [4.78, 5) is 22.1. The van der Waals surface area contributed by atoms with Gasteiger partial charge in [0, 0.05) is 13.1 Å². The molecule has 20 heavy (non-hydrogen) atoms. The Hall–Kier alpha value is -1.04. The molecular weight excluding hydrogens is 255 g/mol. The van der Waals surface area contributed by atoms with Crippen molar-refractivity contribution in [3.8, 4) is 0 Å². The Kier molecular flexibility index (Phi) is 7.66. The first-order chi connectivity index (χ1) is 9.58. The number of carboxylic acid groups (broad SMARTS) is 1. The van der Waals surface area contributed by atoms with Gasteiger partial charge in [-0.1, -0.05) is 19.3 Å². The lowest BCUT2D eigenvalue weighted by atomic mass is 9.71. The quantitative estimate of drug-likeness (QED) is 0.426. The summed E-state index contributed by atoms with van der Waals surface area (Å²) in [6.07, 6.45) is 7.21. The van der Waals surface area contributed by atoms with Gasteiger partial charge in [-0.15, -0.1) is 0 Å². The lowest BCUT2D eigenvalue weighted by Crippen LogP contribution is -2.39. The fourth-order valence-corrected chi connectivity index (χ4v) is 2.96. The molecule has 0 atom stereocenters. The zero-order valence-corrected chi connectivity index (χ0v) is 12.5. The number of rotatable bonds is 9. The summed E-state index contributed by atoms with van der Waals surface area (Å²) in [6.45, 7) is 2.29. The van der Waals surface area contributed by atoms with Gasteiger partial charge in [0.2, 0.25) is 5.91 Å². The summed E-state index contributed by atoms with van der Waals surface area (Å²) < 4.78 is 0. The molecule has 0 bridgehead atoms. The van der Waals surface area contributed by atoms with E-state index in [1.807, 2.05) is 7.85 Å². The zero-order valence-electron chi connectivity index (χ0n) is 12.5. The summed E-state index contributed by atoms with van der Waals surface area (Å²) in [5, 5.41) is 15.3. The van der Waals surface area contributed by atoms with Gasteiger partial charge in [-0.05, 0) is 37.5 Å². The second-order valence-electron chi connectivity index (χ2n) is 5.87. The van der Waals surface area contributed by atoms with E-state index in [4.69, 9.17) is 5.11 Å². The van der Waals surface area contributed by atoms with E-state index in [0.29, 0.717) is 12.9 Å². The number of hydrogen-bond acceptors (Lipinski definition) is 3. The van der Waals surface area contributed by atoms with E-state index in [1.54, 1.807) is 0 Å². The number of aliphatic carboxylic acids is 1. The number of hydrogen-bond donors (Lipinski definition) is 3. The Labute approximate surface area is 122 Å². The van der Waals surface area contributed by atoms with Gasteiger partial charge in [-0.2, -0.15) is 0 Å². The third kappa shape index (κ3) is 6.41. The van der Waals surface area contributed by atoms with Crippen LogP contribution in [0.3, 0.4) is 0 Å². The van der Waals surface area contributed by atoms with Crippen LogP contribution in [0.15, 0.2) is 0 Å². The van der Waals surface area contributed by atoms with E-state index in [-0.39, 0.29) is 17.7 Å². The van der Waals surface area contributed by atoms with Crippen molar-refractivity contribution in [2.75, 3.05) is 19.6 Å². The minimum atomic E-state index is -0.691. The molecule has 1 aliphatic rings. The third-order valence-corrected chi connectivity index (χ3v) is 4.11. The molecule has 1 fully saturated rings. The number of nitrogens with one attached hydrogen (secondary N) is 2. The molecule has 0 spiro atoms. The standard InChI is InChI=1S/C14H27BN2O3/c15-10-12(18)17-8-4-7-16-11-14(9-13(19)20)5-2-1-3-6-14/h16H,1-11,15H2,(H,17,18)(H,19,20). The molecule has 6 heteroatoms. The molecule has 1 rings (SSSR count). The highest BCUT2D eigenvalue weighted by Crippen LogP contribution is 2.38. The Morgan fingerprint density at radius 1 is 1.15 bits per heavy atom. The number of carbonyl (C=O) groups excluding carboxylic acids is 1. The molecule has 0 aromatic carbocycles. The fourth-order valence-electron chi connectivity index (χ4n) is 2.96. The van der Waals surface area contributed by atoms with Crippen molar-refractivity contribution in [2.45, 2.75) is 51.3 Å². The van der Waals surface area contributed by atoms with Gasteiger partial charge in [0.15, 0.2) is 0 Å². The molecule has 0 aromatic rings. The van der Waals surface area contributed by atoms with Crippen molar-refractivity contribution in [1.29, 1.82) is 0 Å². The van der Waals surface area contributed by atoms with Crippen molar-refractivity contribution in [3.63, 3.8) is 0 Å². The molecule has 1 aliphatic carbocycles. The minimum Gasteiger partial charge on any atom is -0.481 e. The molecular formula is C14H27BN2O3. The van der Waals surface area contributed by atoms with E-state index < -0.39 is 5.97 Å². The van der Waals surface area contributed by atoms with Crippen molar-refractivity contribution in [3.05, 3.63) is 0 Å². The number of carboxylic acids is 1. The Balaban J connectivity index is 2.22. The normalized spacial score (nSPS) is 17.6. The van der Waals surface area contributed by atoms with Crippen molar-refractivity contribution in [1.82, 2.24) is 10.6 Å². The Morgan fingerprint density at radius 2 is 1.85 bits per heavy atom. The maximum Gasteiger partial charge on any atom is 0.303 e. The van der Waals surface area contributed by atoms with Gasteiger partial charge in [-0.25, -0.2) is 0 Å². The predicted octanol–water partition coefficient (Wildman–Crippen LogP) is 0.559. The van der Waals surface area contributed by atoms with Gasteiger partial charge in [-0.3, -0.25) is 9.59 Å². The topological polar surface area (TPSA) is 78.4 Å². The molecule has 1 saturated carbocycles. The molecule has 3 N–H and O–H groups in total. The van der Waals surface area contributed by atoms with Gasteiger partial charge in [0.25, 0.3) is 0 Å². The average molecular weight is 282 g/mol. The van der Waals surface area contributed by atoms with E-state index in [1.165, 1.54) is 6.42 Å². The fraction of sp³-hybridized carbons (Fsp3) is 0.857. The number of amides is 1. The van der Waals surface area contributed by atoms with E-state index in [9.17, 15) is 9.59 Å². The van der Waals surface area contributed by atoms with E-state index in [2.05, 4.69) is 10.6 Å². The van der Waals surface area contributed by atoms with Crippen LogP contribution in [0, 0.1) is 5.41 Å². The zero-order chi connectivity index (χ0) is 14.8. The first-order valence-electron chi connectivity index (χ1n) is 7.77. The lowest BCUT2D eigenvalue weighted by molar-refractivity contribution is -0.140. The van der Waals surface area contributed by atoms with Crippen LogP contribution in [0.5, 0.6) is 0 Å². The molecule has 0 saturated heterocycles. The van der Waals surface area contributed by atoms with Crippen molar-refractivity contribution in [2.24, 2.45) is 5.41 Å². The van der Waals surface area contributed by atoms with Crippen LogP contribution in [0.25, 0.3) is 0 Å². The van der Waals surface area contributed by atoms with Crippen LogP contribution >= 0.6 is 0 Å². The van der Waals surface area contributed by atoms with E-state index >= 15 is 0 Å². The highest BCUT2D eigenvalue weighted by molar-refractivity contribution is 6.19. The summed E-state index contributed by atoms with van der Waals surface area (Å²) in [7, 11) is 1.84. The maximum atomic E-state index is 11.1. The van der Waals surface area contributed by atoms with Crippen LogP contribution in [-0.4, -0.2) is 44.5 Å². The molecule has 0 aromatic heterocycles. The minimum absolute atomic E-state index is 0.0588. The highest BCUT2D eigenvalue weighted by Gasteiger charge is 2.33. The van der Waals surface area contributed by atoms with Crippen LogP contribution in [-0.2, 0) is 9.59 Å². The first kappa shape index (κ1) is 17.0. The maximum absolute atomic E-state index is 11.1. The second kappa shape index (κ2) is 9.00. The van der Waals surface area contributed by atoms with Crippen LogP contribution < -0.4 is 10.6 Å². The molecule has 1 amide bonds. The molecule has 0 unspecified atom stereocenters. The number of carbonyl (C=O) groups is 2. The summed E-state index contributed by atoms with van der Waals surface area (Å²) >= 11 is 0. The van der Waals surface area contributed by atoms with Gasteiger partial charge < -0.3 is 15.7 Å². The monoisotopic (exact) mass is 282 g/mol. The average Bonchev–Trinajstić information content (AvgIpc) is 2.42. The second-order valence-corrected chi connectivity index (χ2v) is 5.87. The summed E-state index contributed by atoms with van der Waals surface area (Å²) in [6, 6.07) is 0. The summed E-state index contributed by atoms with van der Waals surface area (Å²) in [5.41, 5.74) is -0.0588. The smallest absolute Gasteiger partial charge is 0.303 e. The highest BCUT2D eigenvalue weighted by atomic mass is 16.4. The van der Waals surface area contributed by atoms with Gasteiger partial charge >= 0.3 is 5.97 Å². The molecule has 0 aliphatic heterocycles. The predicted molar refractivity (Wildman–Crippen MR) is 81.6 cm³/mol. The Morgan fingerprint density at radius 3 is 2.45 bits per heavy atom. The first-order valence-corrected chi connectivity index (χ1v) is 7.77. The summed E-state index contributed by atoms with van der Waals surface area (Å²) in [5.74, 6) is -0.608. The molecule has 114 valence electrons. The molecule has 5 nitrogen and oxygen atoms in total. The van der Waals surface area contributed by atoms with Gasteiger partial charge in [0.05, 0.1) is 6.42 Å². The van der Waals surface area contributed by atoms with Gasteiger partial charge in [0.1, 0.15) is 7.85 Å². The van der Waals surface area contributed by atoms with Crippen LogP contribution in [0.2, 0.25) is 6.32 Å². The largest absolute Gasteiger partial charge is 0.481 e. The third-order valence-electron chi connectivity index (χ3n) is 4.11. The van der Waals surface area contributed by atoms with E-state index in [0.717, 1.165) is 45.2 Å². The van der Waals surface area contributed by atoms with Crippen LogP contribution in [0.4, 0.5) is 0 Å². The van der Waals surface area contributed by atoms with Crippen LogP contribution in [0.1, 0.15) is 44.9 Å². The van der Waals surface area contributed by atoms with Crippen molar-refractivity contribution >= 4 is 19.7 Å². The molecule has 0 radical (unpaired) electrons. The van der Waals surface area contributed by atoms with Crippen molar-refractivity contribution < 1.29 is 14.7 Å². The Bertz CT molecular complexity index is 318.